The molecule has 7 heteroatoms. The number of anilines is 1. The number of nitrogens with zero attached hydrogens (tertiary/aromatic N) is 2. The highest BCUT2D eigenvalue weighted by atomic mass is 32.2. The number of hydrogen-bond donors (Lipinski definition) is 0. The summed E-state index contributed by atoms with van der Waals surface area (Å²) in [5.74, 6) is 0.487. The SMILES string of the molecule is COc1ccc(CN(C)C(=O)c2ccccc2N(Cc2ccccc2)S(C)(=O)=O)cc1. The standard InChI is InChI=1S/C24H26N2O4S/c1-25(17-20-13-15-21(30-2)16-14-20)24(27)22-11-7-8-12-23(22)26(31(3,28)29)18-19-9-5-4-6-10-19/h4-16H,17-18H2,1-3H3. The maximum atomic E-state index is 13.3. The predicted molar refractivity (Wildman–Crippen MR) is 123 cm³/mol. The van der Waals surface area contributed by atoms with Crippen LogP contribution in [0, 0.1) is 0 Å². The Hall–Kier alpha value is -3.32. The molecule has 3 rings (SSSR count). The molecule has 0 N–H and O–H groups in total. The van der Waals surface area contributed by atoms with E-state index in [1.807, 2.05) is 54.6 Å². The lowest BCUT2D eigenvalue weighted by Crippen LogP contribution is -2.33. The van der Waals surface area contributed by atoms with E-state index >= 15 is 0 Å². The van der Waals surface area contributed by atoms with Gasteiger partial charge in [-0.1, -0.05) is 54.6 Å². The average Bonchev–Trinajstić information content (AvgIpc) is 2.77. The van der Waals surface area contributed by atoms with Gasteiger partial charge in [0.2, 0.25) is 10.0 Å². The van der Waals surface area contributed by atoms with Crippen molar-refractivity contribution < 1.29 is 17.9 Å². The van der Waals surface area contributed by atoms with E-state index < -0.39 is 10.0 Å². The normalized spacial score (nSPS) is 11.1. The lowest BCUT2D eigenvalue weighted by molar-refractivity contribution is 0.0786. The van der Waals surface area contributed by atoms with E-state index in [4.69, 9.17) is 4.74 Å². The number of methoxy groups -OCH3 is 1. The van der Waals surface area contributed by atoms with Gasteiger partial charge in [-0.15, -0.1) is 0 Å². The second-order valence-corrected chi connectivity index (χ2v) is 9.19. The van der Waals surface area contributed by atoms with E-state index in [1.165, 1.54) is 4.31 Å². The summed E-state index contributed by atoms with van der Waals surface area (Å²) in [6.07, 6.45) is 1.15. The van der Waals surface area contributed by atoms with Gasteiger partial charge in [-0.05, 0) is 35.4 Å². The van der Waals surface area contributed by atoms with Gasteiger partial charge in [-0.25, -0.2) is 8.42 Å². The zero-order valence-electron chi connectivity index (χ0n) is 17.9. The largest absolute Gasteiger partial charge is 0.497 e. The van der Waals surface area contributed by atoms with Crippen molar-refractivity contribution in [3.8, 4) is 5.75 Å². The number of carbonyl (C=O) groups is 1. The Morgan fingerprint density at radius 1 is 0.839 bits per heavy atom. The molecular formula is C24H26N2O4S. The third-order valence-corrected chi connectivity index (χ3v) is 6.02. The molecule has 1 amide bonds. The Morgan fingerprint density at radius 2 is 1.42 bits per heavy atom. The lowest BCUT2D eigenvalue weighted by atomic mass is 10.1. The minimum atomic E-state index is -3.62. The number of ether oxygens (including phenoxy) is 1. The van der Waals surface area contributed by atoms with Crippen molar-refractivity contribution in [2.45, 2.75) is 13.1 Å². The molecular weight excluding hydrogens is 412 g/mol. The molecule has 6 nitrogen and oxygen atoms in total. The van der Waals surface area contributed by atoms with Crippen LogP contribution in [0.4, 0.5) is 5.69 Å². The smallest absolute Gasteiger partial charge is 0.256 e. The van der Waals surface area contributed by atoms with Crippen molar-refractivity contribution in [2.24, 2.45) is 0 Å². The van der Waals surface area contributed by atoms with Gasteiger partial charge in [0.05, 0.1) is 31.2 Å². The van der Waals surface area contributed by atoms with Crippen molar-refractivity contribution in [1.82, 2.24) is 4.90 Å². The van der Waals surface area contributed by atoms with Crippen LogP contribution in [0.2, 0.25) is 0 Å². The van der Waals surface area contributed by atoms with E-state index in [0.29, 0.717) is 17.8 Å². The number of benzene rings is 3. The molecule has 0 aliphatic heterocycles. The van der Waals surface area contributed by atoms with E-state index in [1.54, 1.807) is 43.3 Å². The van der Waals surface area contributed by atoms with Crippen molar-refractivity contribution in [3.63, 3.8) is 0 Å². The fourth-order valence-corrected chi connectivity index (χ4v) is 4.18. The van der Waals surface area contributed by atoms with E-state index in [9.17, 15) is 13.2 Å². The average molecular weight is 439 g/mol. The number of hydrogen-bond acceptors (Lipinski definition) is 4. The Balaban J connectivity index is 1.90. The first-order valence-corrected chi connectivity index (χ1v) is 11.6. The van der Waals surface area contributed by atoms with Crippen LogP contribution in [0.5, 0.6) is 5.75 Å². The molecule has 0 heterocycles. The zero-order valence-corrected chi connectivity index (χ0v) is 18.7. The minimum absolute atomic E-state index is 0.145. The third kappa shape index (κ3) is 5.64. The molecule has 0 aliphatic carbocycles. The molecule has 0 atom stereocenters. The number of amides is 1. The van der Waals surface area contributed by atoms with Gasteiger partial charge in [-0.2, -0.15) is 0 Å². The molecule has 31 heavy (non-hydrogen) atoms. The maximum absolute atomic E-state index is 13.3. The van der Waals surface area contributed by atoms with Gasteiger partial charge in [0, 0.05) is 13.6 Å². The van der Waals surface area contributed by atoms with Crippen LogP contribution in [0.25, 0.3) is 0 Å². The highest BCUT2D eigenvalue weighted by Crippen LogP contribution is 2.26. The number of carbonyl (C=O) groups excluding carboxylic acids is 1. The van der Waals surface area contributed by atoms with Crippen LogP contribution in [-0.2, 0) is 23.1 Å². The summed E-state index contributed by atoms with van der Waals surface area (Å²) in [7, 11) is -0.314. The summed E-state index contributed by atoms with van der Waals surface area (Å²) < 4.78 is 31.7. The van der Waals surface area contributed by atoms with Crippen molar-refractivity contribution in [3.05, 3.63) is 95.6 Å². The zero-order chi connectivity index (χ0) is 22.4. The Kier molecular flexibility index (Phi) is 6.97. The summed E-state index contributed by atoms with van der Waals surface area (Å²) in [6, 6.07) is 23.6. The minimum Gasteiger partial charge on any atom is -0.497 e. The van der Waals surface area contributed by atoms with Crippen molar-refractivity contribution in [2.75, 3.05) is 24.7 Å². The summed E-state index contributed by atoms with van der Waals surface area (Å²) in [5.41, 5.74) is 2.47. The van der Waals surface area contributed by atoms with Crippen LogP contribution >= 0.6 is 0 Å². The molecule has 3 aromatic rings. The second-order valence-electron chi connectivity index (χ2n) is 7.28. The Bertz CT molecular complexity index is 1130. The fraction of sp³-hybridized carbons (Fsp3) is 0.208. The van der Waals surface area contributed by atoms with Gasteiger partial charge in [0.25, 0.3) is 5.91 Å². The molecule has 3 aromatic carbocycles. The third-order valence-electron chi connectivity index (χ3n) is 4.90. The predicted octanol–water partition coefficient (Wildman–Crippen LogP) is 3.93. The van der Waals surface area contributed by atoms with Gasteiger partial charge in [0.15, 0.2) is 0 Å². The highest BCUT2D eigenvalue weighted by molar-refractivity contribution is 7.92. The van der Waals surface area contributed by atoms with Crippen LogP contribution < -0.4 is 9.04 Å². The van der Waals surface area contributed by atoms with Crippen LogP contribution in [0.3, 0.4) is 0 Å². The first-order chi connectivity index (χ1) is 14.8. The molecule has 0 radical (unpaired) electrons. The van der Waals surface area contributed by atoms with Crippen LogP contribution in [-0.4, -0.2) is 39.6 Å². The van der Waals surface area contributed by atoms with Crippen molar-refractivity contribution >= 4 is 21.6 Å². The summed E-state index contributed by atoms with van der Waals surface area (Å²) in [5, 5.41) is 0. The topological polar surface area (TPSA) is 66.9 Å². The molecule has 0 bridgehead atoms. The van der Waals surface area contributed by atoms with E-state index in [0.717, 1.165) is 23.1 Å². The summed E-state index contributed by atoms with van der Waals surface area (Å²) >= 11 is 0. The van der Waals surface area contributed by atoms with Gasteiger partial charge in [0.1, 0.15) is 5.75 Å². The Labute approximate surface area is 183 Å². The van der Waals surface area contributed by atoms with Gasteiger partial charge < -0.3 is 9.64 Å². The highest BCUT2D eigenvalue weighted by Gasteiger charge is 2.25. The molecule has 0 fully saturated rings. The van der Waals surface area contributed by atoms with E-state index in [-0.39, 0.29) is 12.5 Å². The summed E-state index contributed by atoms with van der Waals surface area (Å²) in [4.78, 5) is 14.8. The molecule has 0 aliphatic rings. The monoisotopic (exact) mass is 438 g/mol. The lowest BCUT2D eigenvalue weighted by Gasteiger charge is -2.26. The quantitative estimate of drug-likeness (QED) is 0.534. The molecule has 0 unspecified atom stereocenters. The maximum Gasteiger partial charge on any atom is 0.256 e. The first-order valence-electron chi connectivity index (χ1n) is 9.78. The second kappa shape index (κ2) is 9.66. The van der Waals surface area contributed by atoms with E-state index in [2.05, 4.69) is 0 Å². The molecule has 0 spiro atoms. The number of sulfonamides is 1. The van der Waals surface area contributed by atoms with Gasteiger partial charge in [-0.3, -0.25) is 9.10 Å². The number of para-hydroxylation sites is 1. The van der Waals surface area contributed by atoms with Gasteiger partial charge >= 0.3 is 0 Å². The molecule has 0 saturated heterocycles. The molecule has 0 saturated carbocycles. The first kappa shape index (κ1) is 22.4. The molecule has 0 aromatic heterocycles. The van der Waals surface area contributed by atoms with Crippen LogP contribution in [0.15, 0.2) is 78.9 Å². The summed E-state index contributed by atoms with van der Waals surface area (Å²) in [6.45, 7) is 0.529. The molecule has 162 valence electrons. The Morgan fingerprint density at radius 3 is 2.03 bits per heavy atom. The van der Waals surface area contributed by atoms with Crippen LogP contribution in [0.1, 0.15) is 21.5 Å². The fourth-order valence-electron chi connectivity index (χ4n) is 3.28. The van der Waals surface area contributed by atoms with Crippen molar-refractivity contribution in [1.29, 1.82) is 0 Å². The number of rotatable bonds is 8.